The van der Waals surface area contributed by atoms with Crippen molar-refractivity contribution in [3.63, 3.8) is 0 Å². The van der Waals surface area contributed by atoms with Gasteiger partial charge in [0.15, 0.2) is 0 Å². The van der Waals surface area contributed by atoms with Gasteiger partial charge in [-0.15, -0.1) is 0 Å². The minimum Gasteiger partial charge on any atom is -0.326 e. The van der Waals surface area contributed by atoms with E-state index in [0.717, 1.165) is 5.69 Å². The number of amides is 2. The Balaban J connectivity index is 1.63. The standard InChI is InChI=1S/C17H17N5O2/c1-11(23)19-12-5-4-6-13(9-12)20-17(24)16-10-15(21-22-16)14-7-2-3-8-18-14/h2-9,15,21H,10H2,1H3,(H,19,23)(H,20,24). The van der Waals surface area contributed by atoms with Gasteiger partial charge in [0.2, 0.25) is 5.91 Å². The largest absolute Gasteiger partial charge is 0.326 e. The molecule has 0 fully saturated rings. The Bertz CT molecular complexity index is 789. The average molecular weight is 323 g/mol. The zero-order valence-electron chi connectivity index (χ0n) is 13.1. The van der Waals surface area contributed by atoms with Crippen molar-refractivity contribution < 1.29 is 9.59 Å². The van der Waals surface area contributed by atoms with E-state index in [1.165, 1.54) is 6.92 Å². The molecule has 1 aromatic heterocycles. The van der Waals surface area contributed by atoms with Crippen LogP contribution in [0, 0.1) is 0 Å². The second kappa shape index (κ2) is 6.91. The highest BCUT2D eigenvalue weighted by molar-refractivity contribution is 6.43. The highest BCUT2D eigenvalue weighted by atomic mass is 16.2. The average Bonchev–Trinajstić information content (AvgIpc) is 3.05. The third-order valence-corrected chi connectivity index (χ3v) is 3.50. The first kappa shape index (κ1) is 15.7. The van der Waals surface area contributed by atoms with Crippen LogP contribution in [0.2, 0.25) is 0 Å². The molecule has 1 aliphatic heterocycles. The Morgan fingerprint density at radius 2 is 1.92 bits per heavy atom. The number of hydrogen-bond donors (Lipinski definition) is 3. The van der Waals surface area contributed by atoms with Crippen LogP contribution in [0.5, 0.6) is 0 Å². The number of aromatic nitrogens is 1. The molecule has 1 aromatic carbocycles. The number of nitrogens with zero attached hydrogens (tertiary/aromatic N) is 2. The van der Waals surface area contributed by atoms with Crippen LogP contribution in [0.1, 0.15) is 25.1 Å². The number of hydrogen-bond acceptors (Lipinski definition) is 5. The second-order valence-corrected chi connectivity index (χ2v) is 5.42. The minimum atomic E-state index is -0.277. The summed E-state index contributed by atoms with van der Waals surface area (Å²) >= 11 is 0. The number of nitrogens with one attached hydrogen (secondary N) is 3. The Labute approximate surface area is 139 Å². The molecule has 2 aromatic rings. The predicted octanol–water partition coefficient (Wildman–Crippen LogP) is 2.07. The van der Waals surface area contributed by atoms with Crippen molar-refractivity contribution in [2.75, 3.05) is 10.6 Å². The lowest BCUT2D eigenvalue weighted by molar-refractivity contribution is -0.114. The van der Waals surface area contributed by atoms with Crippen LogP contribution in [0.15, 0.2) is 53.8 Å². The minimum absolute atomic E-state index is 0.0994. The van der Waals surface area contributed by atoms with Crippen molar-refractivity contribution in [2.24, 2.45) is 5.10 Å². The highest BCUT2D eigenvalue weighted by Gasteiger charge is 2.25. The lowest BCUT2D eigenvalue weighted by Crippen LogP contribution is -2.22. The van der Waals surface area contributed by atoms with Crippen molar-refractivity contribution in [1.82, 2.24) is 10.4 Å². The molecule has 7 nitrogen and oxygen atoms in total. The number of carbonyl (C=O) groups excluding carboxylic acids is 2. The van der Waals surface area contributed by atoms with Crippen molar-refractivity contribution >= 4 is 28.9 Å². The summed E-state index contributed by atoms with van der Waals surface area (Å²) in [5, 5.41) is 9.57. The first-order valence-electron chi connectivity index (χ1n) is 7.54. The lowest BCUT2D eigenvalue weighted by Gasteiger charge is -2.09. The molecule has 7 heteroatoms. The summed E-state index contributed by atoms with van der Waals surface area (Å²) in [7, 11) is 0. The van der Waals surface area contributed by atoms with Gasteiger partial charge < -0.3 is 16.1 Å². The Morgan fingerprint density at radius 3 is 2.62 bits per heavy atom. The number of pyridine rings is 1. The molecule has 1 unspecified atom stereocenters. The van der Waals surface area contributed by atoms with Gasteiger partial charge in [-0.25, -0.2) is 0 Å². The first-order chi connectivity index (χ1) is 11.6. The summed E-state index contributed by atoms with van der Waals surface area (Å²) in [5.74, 6) is -0.443. The van der Waals surface area contributed by atoms with E-state index in [1.54, 1.807) is 30.5 Å². The normalized spacial score (nSPS) is 16.0. The number of rotatable bonds is 4. The molecule has 2 heterocycles. The summed E-state index contributed by atoms with van der Waals surface area (Å²) in [4.78, 5) is 27.7. The van der Waals surface area contributed by atoms with E-state index < -0.39 is 0 Å². The van der Waals surface area contributed by atoms with E-state index in [2.05, 4.69) is 26.1 Å². The molecule has 2 amide bonds. The number of carbonyl (C=O) groups is 2. The van der Waals surface area contributed by atoms with Gasteiger partial charge in [0.1, 0.15) is 5.71 Å². The second-order valence-electron chi connectivity index (χ2n) is 5.42. The van der Waals surface area contributed by atoms with E-state index in [0.29, 0.717) is 23.5 Å². The van der Waals surface area contributed by atoms with Crippen LogP contribution >= 0.6 is 0 Å². The molecule has 0 aliphatic carbocycles. The Kier molecular flexibility index (Phi) is 4.51. The van der Waals surface area contributed by atoms with Gasteiger partial charge in [-0.05, 0) is 30.3 Å². The molecule has 1 aliphatic rings. The molecular weight excluding hydrogens is 306 g/mol. The monoisotopic (exact) mass is 323 g/mol. The van der Waals surface area contributed by atoms with Crippen molar-refractivity contribution in [3.05, 3.63) is 54.4 Å². The molecule has 3 rings (SSSR count). The summed E-state index contributed by atoms with van der Waals surface area (Å²) in [5.41, 5.74) is 5.41. The van der Waals surface area contributed by atoms with Gasteiger partial charge in [0.25, 0.3) is 5.91 Å². The predicted molar refractivity (Wildman–Crippen MR) is 91.5 cm³/mol. The molecule has 0 spiro atoms. The van der Waals surface area contributed by atoms with Gasteiger partial charge in [-0.2, -0.15) is 5.10 Å². The van der Waals surface area contributed by atoms with E-state index >= 15 is 0 Å². The van der Waals surface area contributed by atoms with E-state index in [-0.39, 0.29) is 17.9 Å². The first-order valence-corrected chi connectivity index (χ1v) is 7.54. The zero-order chi connectivity index (χ0) is 16.9. The van der Waals surface area contributed by atoms with Crippen molar-refractivity contribution in [2.45, 2.75) is 19.4 Å². The molecular formula is C17H17N5O2. The summed E-state index contributed by atoms with van der Waals surface area (Å²) in [6, 6.07) is 12.5. The number of hydrazone groups is 1. The van der Waals surface area contributed by atoms with Crippen LogP contribution in [0.3, 0.4) is 0 Å². The van der Waals surface area contributed by atoms with Gasteiger partial charge >= 0.3 is 0 Å². The fourth-order valence-corrected chi connectivity index (χ4v) is 2.42. The highest BCUT2D eigenvalue weighted by Crippen LogP contribution is 2.21. The van der Waals surface area contributed by atoms with Crippen LogP contribution in [-0.2, 0) is 9.59 Å². The SMILES string of the molecule is CC(=O)Nc1cccc(NC(=O)C2=NNC(c3ccccn3)C2)c1. The summed E-state index contributed by atoms with van der Waals surface area (Å²) in [6.07, 6.45) is 2.18. The maximum atomic E-state index is 12.3. The van der Waals surface area contributed by atoms with Gasteiger partial charge in [0.05, 0.1) is 11.7 Å². The topological polar surface area (TPSA) is 95.5 Å². The third kappa shape index (κ3) is 3.75. The quantitative estimate of drug-likeness (QED) is 0.802. The van der Waals surface area contributed by atoms with Crippen LogP contribution < -0.4 is 16.1 Å². The smallest absolute Gasteiger partial charge is 0.271 e. The summed E-state index contributed by atoms with van der Waals surface area (Å²) < 4.78 is 0. The molecule has 0 saturated heterocycles. The lowest BCUT2D eigenvalue weighted by atomic mass is 10.1. The maximum absolute atomic E-state index is 12.3. The molecule has 122 valence electrons. The number of benzene rings is 1. The Morgan fingerprint density at radius 1 is 1.12 bits per heavy atom. The van der Waals surface area contributed by atoms with Gasteiger partial charge in [-0.1, -0.05) is 12.1 Å². The van der Waals surface area contributed by atoms with Crippen LogP contribution in [0.4, 0.5) is 11.4 Å². The molecule has 24 heavy (non-hydrogen) atoms. The van der Waals surface area contributed by atoms with Crippen LogP contribution in [-0.4, -0.2) is 22.5 Å². The fraction of sp³-hybridized carbons (Fsp3) is 0.176. The van der Waals surface area contributed by atoms with Crippen molar-refractivity contribution in [1.29, 1.82) is 0 Å². The molecule has 0 saturated carbocycles. The molecule has 3 N–H and O–H groups in total. The van der Waals surface area contributed by atoms with Crippen molar-refractivity contribution in [3.8, 4) is 0 Å². The summed E-state index contributed by atoms with van der Waals surface area (Å²) in [6.45, 7) is 1.43. The number of anilines is 2. The van der Waals surface area contributed by atoms with E-state index in [9.17, 15) is 9.59 Å². The maximum Gasteiger partial charge on any atom is 0.271 e. The van der Waals surface area contributed by atoms with Crippen LogP contribution in [0.25, 0.3) is 0 Å². The van der Waals surface area contributed by atoms with Gasteiger partial charge in [-0.3, -0.25) is 14.6 Å². The van der Waals surface area contributed by atoms with E-state index in [4.69, 9.17) is 0 Å². The molecule has 0 radical (unpaired) electrons. The molecule has 0 bridgehead atoms. The zero-order valence-corrected chi connectivity index (χ0v) is 13.1. The van der Waals surface area contributed by atoms with E-state index in [1.807, 2.05) is 18.2 Å². The van der Waals surface area contributed by atoms with Gasteiger partial charge in [0, 0.05) is 30.9 Å². The third-order valence-electron chi connectivity index (χ3n) is 3.50. The fourth-order valence-electron chi connectivity index (χ4n) is 2.42. The Hall–Kier alpha value is -3.22. The molecule has 1 atom stereocenters.